The van der Waals surface area contributed by atoms with Gasteiger partial charge >= 0.3 is 12.0 Å². The zero-order valence-corrected chi connectivity index (χ0v) is 8.54. The predicted molar refractivity (Wildman–Crippen MR) is 56.2 cm³/mol. The molecule has 0 aromatic heterocycles. The Morgan fingerprint density at radius 3 is 2.60 bits per heavy atom. The van der Waals surface area contributed by atoms with Crippen LogP contribution in [0.5, 0.6) is 0 Å². The zero-order chi connectivity index (χ0) is 11.8. The number of amides is 2. The minimum atomic E-state index is -1.15. The molecule has 0 saturated carbocycles. The van der Waals surface area contributed by atoms with E-state index < -0.39 is 18.0 Å². The number of carboxylic acid groups (broad SMARTS) is 1. The first kappa shape index (κ1) is 13.0. The topological polar surface area (TPSA) is 78.4 Å². The number of hydrogen-bond donors (Lipinski definition) is 3. The quantitative estimate of drug-likeness (QED) is 0.452. The van der Waals surface area contributed by atoms with E-state index in [2.05, 4.69) is 23.1 Å². The van der Waals surface area contributed by atoms with Gasteiger partial charge in [-0.2, -0.15) is 0 Å². The van der Waals surface area contributed by atoms with Gasteiger partial charge in [0.2, 0.25) is 0 Å². The number of rotatable bonds is 5. The Bertz CT molecular complexity index is 304. The number of hydrogen-bond acceptors (Lipinski definition) is 2. The maximum absolute atomic E-state index is 11.1. The van der Waals surface area contributed by atoms with E-state index in [0.717, 1.165) is 5.57 Å². The van der Waals surface area contributed by atoms with Crippen LogP contribution in [0.2, 0.25) is 0 Å². The summed E-state index contributed by atoms with van der Waals surface area (Å²) in [6.07, 6.45) is 4.92. The SMILES string of the molecule is C#CCC(NC(=O)NCC(=C)C)C(=O)O. The number of carbonyl (C=O) groups is 2. The molecule has 15 heavy (non-hydrogen) atoms. The highest BCUT2D eigenvalue weighted by atomic mass is 16.4. The lowest BCUT2D eigenvalue weighted by atomic mass is 10.2. The molecule has 0 heterocycles. The lowest BCUT2D eigenvalue weighted by Crippen LogP contribution is -2.46. The number of nitrogens with one attached hydrogen (secondary N) is 2. The van der Waals surface area contributed by atoms with Gasteiger partial charge in [-0.15, -0.1) is 12.3 Å². The fraction of sp³-hybridized carbons (Fsp3) is 0.400. The minimum absolute atomic E-state index is 0.0458. The molecule has 5 heteroatoms. The van der Waals surface area contributed by atoms with Gasteiger partial charge in [-0.05, 0) is 6.92 Å². The largest absolute Gasteiger partial charge is 0.480 e. The molecule has 5 nitrogen and oxygen atoms in total. The highest BCUT2D eigenvalue weighted by Gasteiger charge is 2.17. The summed E-state index contributed by atoms with van der Waals surface area (Å²) in [5.41, 5.74) is 0.772. The number of carbonyl (C=O) groups excluding carboxylic acids is 1. The van der Waals surface area contributed by atoms with Crippen molar-refractivity contribution >= 4 is 12.0 Å². The van der Waals surface area contributed by atoms with Crippen molar-refractivity contribution in [1.82, 2.24) is 10.6 Å². The molecule has 1 unspecified atom stereocenters. The molecule has 0 aromatic carbocycles. The summed E-state index contributed by atoms with van der Waals surface area (Å²) < 4.78 is 0. The Morgan fingerprint density at radius 1 is 1.60 bits per heavy atom. The average molecular weight is 210 g/mol. The number of aliphatic carboxylic acids is 1. The lowest BCUT2D eigenvalue weighted by Gasteiger charge is -2.12. The van der Waals surface area contributed by atoms with E-state index in [1.165, 1.54) is 0 Å². The molecule has 2 amide bonds. The molecular weight excluding hydrogens is 196 g/mol. The van der Waals surface area contributed by atoms with Crippen molar-refractivity contribution in [3.63, 3.8) is 0 Å². The van der Waals surface area contributed by atoms with Crippen LogP contribution < -0.4 is 10.6 Å². The van der Waals surface area contributed by atoms with Crippen LogP contribution in [0.25, 0.3) is 0 Å². The minimum Gasteiger partial charge on any atom is -0.480 e. The fourth-order valence-corrected chi connectivity index (χ4v) is 0.758. The molecule has 0 aliphatic carbocycles. The van der Waals surface area contributed by atoms with E-state index >= 15 is 0 Å². The standard InChI is InChI=1S/C10H14N2O3/c1-4-5-8(9(13)14)12-10(15)11-6-7(2)3/h1,8H,2,5-6H2,3H3,(H,13,14)(H2,11,12,15). The van der Waals surface area contributed by atoms with Gasteiger partial charge in [0, 0.05) is 13.0 Å². The number of terminal acetylenes is 1. The van der Waals surface area contributed by atoms with E-state index in [1.807, 2.05) is 0 Å². The van der Waals surface area contributed by atoms with Gasteiger partial charge < -0.3 is 15.7 Å². The van der Waals surface area contributed by atoms with Crippen LogP contribution in [0.3, 0.4) is 0 Å². The summed E-state index contributed by atoms with van der Waals surface area (Å²) in [6, 6.07) is -1.62. The van der Waals surface area contributed by atoms with Crippen molar-refractivity contribution in [1.29, 1.82) is 0 Å². The first-order valence-corrected chi connectivity index (χ1v) is 4.32. The van der Waals surface area contributed by atoms with Gasteiger partial charge in [0.25, 0.3) is 0 Å². The Morgan fingerprint density at radius 2 is 2.20 bits per heavy atom. The van der Waals surface area contributed by atoms with Gasteiger partial charge in [-0.1, -0.05) is 12.2 Å². The molecule has 0 rings (SSSR count). The second-order valence-electron chi connectivity index (χ2n) is 3.08. The summed E-state index contributed by atoms with van der Waals surface area (Å²) in [7, 11) is 0. The lowest BCUT2D eigenvalue weighted by molar-refractivity contribution is -0.139. The van der Waals surface area contributed by atoms with Gasteiger partial charge in [0.05, 0.1) is 0 Å². The number of urea groups is 1. The van der Waals surface area contributed by atoms with Gasteiger partial charge in [-0.3, -0.25) is 0 Å². The zero-order valence-electron chi connectivity index (χ0n) is 8.54. The summed E-state index contributed by atoms with van der Waals surface area (Å²) in [5, 5.41) is 13.4. The van der Waals surface area contributed by atoms with Crippen LogP contribution in [0.1, 0.15) is 13.3 Å². The smallest absolute Gasteiger partial charge is 0.327 e. The maximum Gasteiger partial charge on any atom is 0.327 e. The van der Waals surface area contributed by atoms with Crippen LogP contribution in [-0.4, -0.2) is 29.7 Å². The van der Waals surface area contributed by atoms with Crippen LogP contribution in [0.4, 0.5) is 4.79 Å². The van der Waals surface area contributed by atoms with Crippen LogP contribution in [0, 0.1) is 12.3 Å². The molecule has 0 fully saturated rings. The Kier molecular flexibility index (Phi) is 5.64. The van der Waals surface area contributed by atoms with Gasteiger partial charge in [0.1, 0.15) is 6.04 Å². The van der Waals surface area contributed by atoms with E-state index in [-0.39, 0.29) is 6.42 Å². The second kappa shape index (κ2) is 6.49. The van der Waals surface area contributed by atoms with Crippen molar-refractivity contribution in [2.24, 2.45) is 0 Å². The molecule has 0 aliphatic heterocycles. The van der Waals surface area contributed by atoms with Crippen molar-refractivity contribution in [3.8, 4) is 12.3 Å². The normalized spacial score (nSPS) is 10.9. The van der Waals surface area contributed by atoms with Crippen molar-refractivity contribution in [3.05, 3.63) is 12.2 Å². The third-order valence-corrected chi connectivity index (χ3v) is 1.48. The third-order valence-electron chi connectivity index (χ3n) is 1.48. The highest BCUT2D eigenvalue weighted by molar-refractivity contribution is 5.82. The molecule has 0 saturated heterocycles. The maximum atomic E-state index is 11.1. The predicted octanol–water partition coefficient (Wildman–Crippen LogP) is 0.338. The van der Waals surface area contributed by atoms with Gasteiger partial charge in [-0.25, -0.2) is 9.59 Å². The molecular formula is C10H14N2O3. The fourth-order valence-electron chi connectivity index (χ4n) is 0.758. The Hall–Kier alpha value is -1.96. The van der Waals surface area contributed by atoms with Crippen LogP contribution >= 0.6 is 0 Å². The molecule has 1 atom stereocenters. The molecule has 82 valence electrons. The van der Waals surface area contributed by atoms with Crippen molar-refractivity contribution < 1.29 is 14.7 Å². The molecule has 3 N–H and O–H groups in total. The monoisotopic (exact) mass is 210 g/mol. The van der Waals surface area contributed by atoms with Crippen LogP contribution in [-0.2, 0) is 4.79 Å². The first-order chi connectivity index (χ1) is 6.97. The summed E-state index contributed by atoms with van der Waals surface area (Å²) in [6.45, 7) is 5.63. The van der Waals surface area contributed by atoms with Crippen molar-refractivity contribution in [2.45, 2.75) is 19.4 Å². The molecule has 0 radical (unpaired) electrons. The Labute approximate surface area is 88.6 Å². The van der Waals surface area contributed by atoms with E-state index in [1.54, 1.807) is 6.92 Å². The first-order valence-electron chi connectivity index (χ1n) is 4.32. The third kappa shape index (κ3) is 6.16. The summed E-state index contributed by atoms with van der Waals surface area (Å²) >= 11 is 0. The molecule has 0 spiro atoms. The highest BCUT2D eigenvalue weighted by Crippen LogP contribution is 1.90. The van der Waals surface area contributed by atoms with Crippen LogP contribution in [0.15, 0.2) is 12.2 Å². The van der Waals surface area contributed by atoms with E-state index in [9.17, 15) is 9.59 Å². The Balaban J connectivity index is 4.07. The summed E-state index contributed by atoms with van der Waals surface area (Å²) in [4.78, 5) is 21.7. The summed E-state index contributed by atoms with van der Waals surface area (Å²) in [5.74, 6) is 1.02. The van der Waals surface area contributed by atoms with Crippen molar-refractivity contribution in [2.75, 3.05) is 6.54 Å². The van der Waals surface area contributed by atoms with E-state index in [4.69, 9.17) is 11.5 Å². The number of carboxylic acids is 1. The average Bonchev–Trinajstić information content (AvgIpc) is 2.14. The second-order valence-corrected chi connectivity index (χ2v) is 3.08. The molecule has 0 aromatic rings. The molecule has 0 bridgehead atoms. The molecule has 0 aliphatic rings. The van der Waals surface area contributed by atoms with E-state index in [0.29, 0.717) is 6.54 Å². The van der Waals surface area contributed by atoms with Gasteiger partial charge in [0.15, 0.2) is 0 Å².